The number of hydrogen-bond acceptors (Lipinski definition) is 3. The van der Waals surface area contributed by atoms with Crippen LogP contribution >= 0.6 is 11.6 Å². The first-order chi connectivity index (χ1) is 6.57. The normalized spacial score (nSPS) is 12.9. The lowest BCUT2D eigenvalue weighted by Gasteiger charge is -2.13. The Labute approximate surface area is 85.9 Å². The van der Waals surface area contributed by atoms with Crippen molar-refractivity contribution in [3.63, 3.8) is 0 Å². The minimum Gasteiger partial charge on any atom is -0.507 e. The fraction of sp³-hybridized carbons (Fsp3) is 0.333. The summed E-state index contributed by atoms with van der Waals surface area (Å²) < 4.78 is 13.4. The molecule has 3 nitrogen and oxygen atoms in total. The molecule has 0 bridgehead atoms. The van der Waals surface area contributed by atoms with Gasteiger partial charge in [-0.2, -0.15) is 0 Å². The van der Waals surface area contributed by atoms with Crippen molar-refractivity contribution in [2.24, 2.45) is 5.73 Å². The molecule has 0 heterocycles. The third kappa shape index (κ3) is 2.15. The number of hydrogen-bond donors (Lipinski definition) is 3. The number of aliphatic hydroxyl groups excluding tert-OH is 1. The van der Waals surface area contributed by atoms with Crippen LogP contribution in [0.3, 0.4) is 0 Å². The van der Waals surface area contributed by atoms with Gasteiger partial charge in [-0.05, 0) is 18.6 Å². The van der Waals surface area contributed by atoms with E-state index in [0.29, 0.717) is 0 Å². The van der Waals surface area contributed by atoms with Crippen LogP contribution in [0.2, 0.25) is 5.02 Å². The molecule has 0 spiro atoms. The van der Waals surface area contributed by atoms with E-state index in [0.717, 1.165) is 0 Å². The maximum atomic E-state index is 13.4. The Morgan fingerprint density at radius 1 is 1.50 bits per heavy atom. The maximum absolute atomic E-state index is 13.4. The van der Waals surface area contributed by atoms with Crippen LogP contribution in [0, 0.1) is 5.82 Å². The summed E-state index contributed by atoms with van der Waals surface area (Å²) in [6, 6.07) is 1.78. The largest absolute Gasteiger partial charge is 0.507 e. The summed E-state index contributed by atoms with van der Waals surface area (Å²) in [4.78, 5) is 0. The molecule has 78 valence electrons. The molecule has 0 amide bonds. The van der Waals surface area contributed by atoms with Gasteiger partial charge in [0, 0.05) is 18.2 Å². The minimum absolute atomic E-state index is 0.0495. The van der Waals surface area contributed by atoms with E-state index in [9.17, 15) is 9.50 Å². The topological polar surface area (TPSA) is 66.5 Å². The molecular formula is C9H11ClFNO2. The van der Waals surface area contributed by atoms with Gasteiger partial charge in [-0.25, -0.2) is 4.39 Å². The summed E-state index contributed by atoms with van der Waals surface area (Å²) in [7, 11) is 0. The van der Waals surface area contributed by atoms with E-state index in [4.69, 9.17) is 22.4 Å². The molecular weight excluding hydrogens is 209 g/mol. The monoisotopic (exact) mass is 219 g/mol. The van der Waals surface area contributed by atoms with E-state index in [1.807, 2.05) is 0 Å². The zero-order chi connectivity index (χ0) is 10.7. The van der Waals surface area contributed by atoms with Crippen LogP contribution in [0.1, 0.15) is 18.0 Å². The van der Waals surface area contributed by atoms with Crippen molar-refractivity contribution in [1.82, 2.24) is 0 Å². The Bertz CT molecular complexity index is 333. The van der Waals surface area contributed by atoms with E-state index in [2.05, 4.69) is 0 Å². The van der Waals surface area contributed by atoms with E-state index < -0.39 is 11.9 Å². The fourth-order valence-corrected chi connectivity index (χ4v) is 1.36. The summed E-state index contributed by atoms with van der Waals surface area (Å²) >= 11 is 5.53. The zero-order valence-electron chi connectivity index (χ0n) is 7.37. The molecule has 14 heavy (non-hydrogen) atoms. The number of rotatable bonds is 3. The number of halogens is 2. The maximum Gasteiger partial charge on any atom is 0.150 e. The molecule has 1 rings (SSSR count). The minimum atomic E-state index is -0.751. The fourth-order valence-electron chi connectivity index (χ4n) is 1.19. The van der Waals surface area contributed by atoms with Crippen molar-refractivity contribution in [3.8, 4) is 5.75 Å². The molecule has 1 aromatic carbocycles. The summed E-state index contributed by atoms with van der Waals surface area (Å²) in [6.07, 6.45) is 0.171. The first kappa shape index (κ1) is 11.2. The zero-order valence-corrected chi connectivity index (χ0v) is 8.13. The molecule has 0 aliphatic carbocycles. The second-order valence-corrected chi connectivity index (χ2v) is 3.32. The Morgan fingerprint density at radius 3 is 2.71 bits per heavy atom. The van der Waals surface area contributed by atoms with Crippen LogP contribution in [-0.2, 0) is 0 Å². The molecule has 0 saturated heterocycles. The van der Waals surface area contributed by atoms with Crippen molar-refractivity contribution >= 4 is 11.6 Å². The molecule has 0 aliphatic rings. The first-order valence-electron chi connectivity index (χ1n) is 4.11. The molecule has 5 heteroatoms. The van der Waals surface area contributed by atoms with Crippen LogP contribution in [0.25, 0.3) is 0 Å². The number of benzene rings is 1. The lowest BCUT2D eigenvalue weighted by Crippen LogP contribution is -2.14. The first-order valence-corrected chi connectivity index (χ1v) is 4.49. The van der Waals surface area contributed by atoms with Crippen molar-refractivity contribution < 1.29 is 14.6 Å². The highest BCUT2D eigenvalue weighted by Crippen LogP contribution is 2.31. The molecule has 0 aliphatic heterocycles. The highest BCUT2D eigenvalue weighted by Gasteiger charge is 2.18. The van der Waals surface area contributed by atoms with Crippen LogP contribution < -0.4 is 5.73 Å². The standard InChI is InChI=1S/C9H11ClFNO2/c10-5-1-2-7(14)8(9(5)11)6(12)3-4-13/h1-2,6,13-14H,3-4,12H2. The molecule has 0 saturated carbocycles. The Hall–Kier alpha value is -0.840. The Kier molecular flexibility index (Phi) is 3.69. The van der Waals surface area contributed by atoms with Gasteiger partial charge in [-0.15, -0.1) is 0 Å². The Balaban J connectivity index is 3.11. The van der Waals surface area contributed by atoms with Gasteiger partial charge in [0.25, 0.3) is 0 Å². The molecule has 0 aromatic heterocycles. The molecule has 0 radical (unpaired) electrons. The van der Waals surface area contributed by atoms with Crippen molar-refractivity contribution in [2.45, 2.75) is 12.5 Å². The summed E-state index contributed by atoms with van der Waals surface area (Å²) in [5.41, 5.74) is 5.51. The van der Waals surface area contributed by atoms with Crippen LogP contribution in [0.5, 0.6) is 5.75 Å². The van der Waals surface area contributed by atoms with E-state index in [-0.39, 0.29) is 29.4 Å². The number of nitrogens with two attached hydrogens (primary N) is 1. The van der Waals surface area contributed by atoms with Crippen LogP contribution in [-0.4, -0.2) is 16.8 Å². The summed E-state index contributed by atoms with van der Waals surface area (Å²) in [5.74, 6) is -0.972. The van der Waals surface area contributed by atoms with Gasteiger partial charge in [-0.1, -0.05) is 11.6 Å². The van der Waals surface area contributed by atoms with Gasteiger partial charge in [0.05, 0.1) is 5.02 Å². The summed E-state index contributed by atoms with van der Waals surface area (Å²) in [6.45, 7) is -0.174. The Morgan fingerprint density at radius 2 is 2.14 bits per heavy atom. The van der Waals surface area contributed by atoms with E-state index in [1.165, 1.54) is 12.1 Å². The van der Waals surface area contributed by atoms with Gasteiger partial charge in [0.2, 0.25) is 0 Å². The van der Waals surface area contributed by atoms with Gasteiger partial charge in [-0.3, -0.25) is 0 Å². The number of aliphatic hydroxyl groups is 1. The van der Waals surface area contributed by atoms with Crippen LogP contribution in [0.15, 0.2) is 12.1 Å². The highest BCUT2D eigenvalue weighted by molar-refractivity contribution is 6.30. The molecule has 0 fully saturated rings. The average molecular weight is 220 g/mol. The quantitative estimate of drug-likeness (QED) is 0.723. The van der Waals surface area contributed by atoms with Crippen LogP contribution in [0.4, 0.5) is 4.39 Å². The predicted molar refractivity (Wildman–Crippen MR) is 51.7 cm³/mol. The number of phenols is 1. The third-order valence-electron chi connectivity index (χ3n) is 1.92. The van der Waals surface area contributed by atoms with E-state index >= 15 is 0 Å². The van der Waals surface area contributed by atoms with E-state index in [1.54, 1.807) is 0 Å². The second-order valence-electron chi connectivity index (χ2n) is 2.91. The predicted octanol–water partition coefficient (Wildman–Crippen LogP) is 1.57. The second kappa shape index (κ2) is 4.59. The molecule has 4 N–H and O–H groups in total. The third-order valence-corrected chi connectivity index (χ3v) is 2.21. The smallest absolute Gasteiger partial charge is 0.150 e. The van der Waals surface area contributed by atoms with Crippen molar-refractivity contribution in [2.75, 3.05) is 6.61 Å². The summed E-state index contributed by atoms with van der Waals surface area (Å²) in [5, 5.41) is 17.9. The van der Waals surface area contributed by atoms with Gasteiger partial charge < -0.3 is 15.9 Å². The van der Waals surface area contributed by atoms with Gasteiger partial charge >= 0.3 is 0 Å². The average Bonchev–Trinajstić information content (AvgIpc) is 2.13. The molecule has 1 atom stereocenters. The number of phenolic OH excluding ortho intramolecular Hbond substituents is 1. The molecule has 1 unspecified atom stereocenters. The molecule has 1 aromatic rings. The lowest BCUT2D eigenvalue weighted by atomic mass is 10.0. The number of aromatic hydroxyl groups is 1. The van der Waals surface area contributed by atoms with Gasteiger partial charge in [0.15, 0.2) is 0 Å². The lowest BCUT2D eigenvalue weighted by molar-refractivity contribution is 0.274. The highest BCUT2D eigenvalue weighted by atomic mass is 35.5. The SMILES string of the molecule is NC(CCO)c1c(O)ccc(Cl)c1F. The van der Waals surface area contributed by atoms with Crippen molar-refractivity contribution in [1.29, 1.82) is 0 Å². The van der Waals surface area contributed by atoms with Crippen molar-refractivity contribution in [3.05, 3.63) is 28.5 Å². The van der Waals surface area contributed by atoms with Gasteiger partial charge in [0.1, 0.15) is 11.6 Å².